The zero-order valence-corrected chi connectivity index (χ0v) is 8.70. The molecule has 0 bridgehead atoms. The van der Waals surface area contributed by atoms with Crippen LogP contribution in [0.3, 0.4) is 0 Å². The van der Waals surface area contributed by atoms with E-state index >= 15 is 0 Å². The van der Waals surface area contributed by atoms with Crippen molar-refractivity contribution in [1.29, 1.82) is 0 Å². The molecule has 2 aromatic heterocycles. The lowest BCUT2D eigenvalue weighted by molar-refractivity contribution is 0.778. The third-order valence-corrected chi connectivity index (χ3v) is 2.28. The van der Waals surface area contributed by atoms with Crippen LogP contribution < -0.4 is 0 Å². The van der Waals surface area contributed by atoms with Crippen LogP contribution in [0.1, 0.15) is 5.69 Å². The van der Waals surface area contributed by atoms with Gasteiger partial charge in [0, 0.05) is 6.20 Å². The number of hydrogen-bond acceptors (Lipinski definition) is 4. The van der Waals surface area contributed by atoms with Gasteiger partial charge in [0.25, 0.3) is 5.95 Å². The van der Waals surface area contributed by atoms with Crippen LogP contribution in [0.25, 0.3) is 17.0 Å². The first kappa shape index (κ1) is 8.96. The summed E-state index contributed by atoms with van der Waals surface area (Å²) in [6.45, 7) is 1.92. The normalized spacial score (nSPS) is 10.8. The molecule has 0 N–H and O–H groups in total. The third kappa shape index (κ3) is 1.42. The van der Waals surface area contributed by atoms with E-state index < -0.39 is 0 Å². The Balaban J connectivity index is 2.18. The molecule has 5 heteroatoms. The molecule has 1 aromatic carbocycles. The van der Waals surface area contributed by atoms with Crippen molar-refractivity contribution >= 4 is 11.0 Å². The number of rotatable bonds is 1. The van der Waals surface area contributed by atoms with Crippen LogP contribution in [0, 0.1) is 6.92 Å². The van der Waals surface area contributed by atoms with Gasteiger partial charge < -0.3 is 0 Å². The molecule has 3 rings (SSSR count). The highest BCUT2D eigenvalue weighted by molar-refractivity contribution is 5.73. The van der Waals surface area contributed by atoms with Gasteiger partial charge in [0.05, 0.1) is 11.2 Å². The maximum atomic E-state index is 4.39. The van der Waals surface area contributed by atoms with Crippen LogP contribution in [0.5, 0.6) is 0 Å². The zero-order valence-electron chi connectivity index (χ0n) is 8.70. The summed E-state index contributed by atoms with van der Waals surface area (Å²) in [6, 6.07) is 9.53. The van der Waals surface area contributed by atoms with Crippen molar-refractivity contribution in [3.63, 3.8) is 0 Å². The number of aryl methyl sites for hydroxylation is 1. The SMILES string of the molecule is Cc1ccn(-c2nnc3ccccc3n2)n1. The van der Waals surface area contributed by atoms with Crippen molar-refractivity contribution < 1.29 is 0 Å². The minimum atomic E-state index is 0.492. The Morgan fingerprint density at radius 3 is 2.56 bits per heavy atom. The maximum absolute atomic E-state index is 4.39. The molecule has 0 aliphatic carbocycles. The van der Waals surface area contributed by atoms with Gasteiger partial charge in [-0.3, -0.25) is 0 Å². The number of para-hydroxylation sites is 1. The van der Waals surface area contributed by atoms with Gasteiger partial charge in [0.1, 0.15) is 5.52 Å². The van der Waals surface area contributed by atoms with E-state index in [1.54, 1.807) is 4.68 Å². The first-order valence-electron chi connectivity index (χ1n) is 4.95. The second kappa shape index (κ2) is 3.37. The molecule has 0 radical (unpaired) electrons. The molecule has 0 saturated carbocycles. The van der Waals surface area contributed by atoms with E-state index in [1.165, 1.54) is 0 Å². The Morgan fingerprint density at radius 1 is 1.00 bits per heavy atom. The molecular formula is C11H9N5. The van der Waals surface area contributed by atoms with Crippen molar-refractivity contribution in [2.45, 2.75) is 6.92 Å². The third-order valence-electron chi connectivity index (χ3n) is 2.28. The molecule has 0 amide bonds. The molecule has 0 spiro atoms. The standard InChI is InChI=1S/C11H9N5/c1-8-6-7-16(15-8)11-12-9-4-2-3-5-10(9)13-14-11/h2-7H,1H3. The summed E-state index contributed by atoms with van der Waals surface area (Å²) < 4.78 is 1.62. The van der Waals surface area contributed by atoms with Gasteiger partial charge in [-0.1, -0.05) is 12.1 Å². The van der Waals surface area contributed by atoms with Crippen molar-refractivity contribution in [3.05, 3.63) is 42.2 Å². The predicted octanol–water partition coefficient (Wildman–Crippen LogP) is 1.52. The minimum absolute atomic E-state index is 0.492. The Kier molecular flexibility index (Phi) is 1.89. The van der Waals surface area contributed by atoms with Crippen LogP contribution in [0.4, 0.5) is 0 Å². The minimum Gasteiger partial charge on any atom is -0.208 e. The summed E-state index contributed by atoms with van der Waals surface area (Å²) >= 11 is 0. The van der Waals surface area contributed by atoms with E-state index in [0.29, 0.717) is 5.95 Å². The molecule has 0 unspecified atom stereocenters. The van der Waals surface area contributed by atoms with Gasteiger partial charge in [0.15, 0.2) is 0 Å². The van der Waals surface area contributed by atoms with Crippen molar-refractivity contribution in [3.8, 4) is 5.95 Å². The molecule has 0 fully saturated rings. The quantitative estimate of drug-likeness (QED) is 0.612. The lowest BCUT2D eigenvalue weighted by Crippen LogP contribution is -2.03. The topological polar surface area (TPSA) is 56.5 Å². The second-order valence-corrected chi connectivity index (χ2v) is 3.50. The van der Waals surface area contributed by atoms with Crippen molar-refractivity contribution in [1.82, 2.24) is 25.0 Å². The van der Waals surface area contributed by atoms with Crippen LogP contribution in [0.15, 0.2) is 36.5 Å². The monoisotopic (exact) mass is 211 g/mol. The van der Waals surface area contributed by atoms with Crippen molar-refractivity contribution in [2.75, 3.05) is 0 Å². The van der Waals surface area contributed by atoms with E-state index in [9.17, 15) is 0 Å². The van der Waals surface area contributed by atoms with Gasteiger partial charge in [-0.2, -0.15) is 5.10 Å². The second-order valence-electron chi connectivity index (χ2n) is 3.50. The molecule has 0 aliphatic heterocycles. The summed E-state index contributed by atoms with van der Waals surface area (Å²) in [5.74, 6) is 0.492. The average Bonchev–Trinajstić information content (AvgIpc) is 2.75. The molecule has 16 heavy (non-hydrogen) atoms. The first-order chi connectivity index (χ1) is 7.83. The summed E-state index contributed by atoms with van der Waals surface area (Å²) in [5, 5.41) is 12.4. The van der Waals surface area contributed by atoms with Gasteiger partial charge in [-0.15, -0.1) is 10.2 Å². The fourth-order valence-corrected chi connectivity index (χ4v) is 1.50. The zero-order chi connectivity index (χ0) is 11.0. The lowest BCUT2D eigenvalue weighted by atomic mass is 10.3. The highest BCUT2D eigenvalue weighted by atomic mass is 15.4. The molecule has 0 atom stereocenters. The predicted molar refractivity (Wildman–Crippen MR) is 59.2 cm³/mol. The van der Waals surface area contributed by atoms with Gasteiger partial charge in [0.2, 0.25) is 0 Å². The Labute approximate surface area is 91.8 Å². The Bertz CT molecular complexity index is 643. The summed E-state index contributed by atoms with van der Waals surface area (Å²) in [6.07, 6.45) is 1.82. The molecule has 0 saturated heterocycles. The summed E-state index contributed by atoms with van der Waals surface area (Å²) in [4.78, 5) is 4.39. The number of nitrogens with zero attached hydrogens (tertiary/aromatic N) is 5. The average molecular weight is 211 g/mol. The van der Waals surface area contributed by atoms with Gasteiger partial charge >= 0.3 is 0 Å². The fourth-order valence-electron chi connectivity index (χ4n) is 1.50. The van der Waals surface area contributed by atoms with Crippen molar-refractivity contribution in [2.24, 2.45) is 0 Å². The van der Waals surface area contributed by atoms with Crippen LogP contribution in [-0.2, 0) is 0 Å². The summed E-state index contributed by atoms with van der Waals surface area (Å²) in [5.41, 5.74) is 2.53. The maximum Gasteiger partial charge on any atom is 0.270 e. The van der Waals surface area contributed by atoms with Gasteiger partial charge in [-0.25, -0.2) is 9.67 Å². The number of benzene rings is 1. The fraction of sp³-hybridized carbons (Fsp3) is 0.0909. The highest BCUT2D eigenvalue weighted by Gasteiger charge is 2.03. The largest absolute Gasteiger partial charge is 0.270 e. The molecular weight excluding hydrogens is 202 g/mol. The smallest absolute Gasteiger partial charge is 0.208 e. The lowest BCUT2D eigenvalue weighted by Gasteiger charge is -1.99. The van der Waals surface area contributed by atoms with Crippen LogP contribution in [-0.4, -0.2) is 25.0 Å². The number of fused-ring (bicyclic) bond motifs is 1. The van der Waals surface area contributed by atoms with Crippen LogP contribution >= 0.6 is 0 Å². The van der Waals surface area contributed by atoms with E-state index in [4.69, 9.17) is 0 Å². The van der Waals surface area contributed by atoms with Crippen LogP contribution in [0.2, 0.25) is 0 Å². The van der Waals surface area contributed by atoms with E-state index in [2.05, 4.69) is 20.3 Å². The molecule has 78 valence electrons. The van der Waals surface area contributed by atoms with E-state index in [1.807, 2.05) is 43.5 Å². The Hall–Kier alpha value is -2.30. The highest BCUT2D eigenvalue weighted by Crippen LogP contribution is 2.08. The van der Waals surface area contributed by atoms with E-state index in [-0.39, 0.29) is 0 Å². The number of hydrogen-bond donors (Lipinski definition) is 0. The molecule has 0 aliphatic rings. The molecule has 5 nitrogen and oxygen atoms in total. The van der Waals surface area contributed by atoms with Gasteiger partial charge in [-0.05, 0) is 25.1 Å². The Morgan fingerprint density at radius 2 is 1.81 bits per heavy atom. The molecule has 3 aromatic rings. The molecule has 2 heterocycles. The summed E-state index contributed by atoms with van der Waals surface area (Å²) in [7, 11) is 0. The number of aromatic nitrogens is 5. The van der Waals surface area contributed by atoms with E-state index in [0.717, 1.165) is 16.7 Å². The first-order valence-corrected chi connectivity index (χ1v) is 4.95.